The predicted molar refractivity (Wildman–Crippen MR) is 111 cm³/mol. The van der Waals surface area contributed by atoms with E-state index < -0.39 is 16.1 Å². The Kier molecular flexibility index (Phi) is 5.93. The molecule has 6 nitrogen and oxygen atoms in total. The van der Waals surface area contributed by atoms with E-state index in [9.17, 15) is 13.2 Å². The van der Waals surface area contributed by atoms with E-state index in [4.69, 9.17) is 4.74 Å². The second kappa shape index (κ2) is 8.22. The molecule has 2 aromatic rings. The fourth-order valence-corrected chi connectivity index (χ4v) is 4.08. The van der Waals surface area contributed by atoms with Gasteiger partial charge >= 0.3 is 0 Å². The number of sulfonamides is 1. The summed E-state index contributed by atoms with van der Waals surface area (Å²) in [7, 11) is -3.54. The minimum Gasteiger partial charge on any atom is -0.476 e. The molecule has 7 heteroatoms. The van der Waals surface area contributed by atoms with Crippen molar-refractivity contribution < 1.29 is 17.9 Å². The van der Waals surface area contributed by atoms with Crippen LogP contribution in [-0.4, -0.2) is 33.2 Å². The first-order valence-corrected chi connectivity index (χ1v) is 11.3. The molecular weight excluding hydrogens is 376 g/mol. The van der Waals surface area contributed by atoms with Crippen LogP contribution in [-0.2, 0) is 21.2 Å². The highest BCUT2D eigenvalue weighted by Crippen LogP contribution is 2.36. The quantitative estimate of drug-likeness (QED) is 0.802. The van der Waals surface area contributed by atoms with Crippen LogP contribution >= 0.6 is 0 Å². The van der Waals surface area contributed by atoms with Crippen molar-refractivity contribution in [2.75, 3.05) is 22.4 Å². The third-order valence-electron chi connectivity index (χ3n) is 4.72. The lowest BCUT2D eigenvalue weighted by atomic mass is 10.1. The summed E-state index contributed by atoms with van der Waals surface area (Å²) in [5, 5.41) is 2.82. The molecule has 0 aliphatic carbocycles. The van der Waals surface area contributed by atoms with E-state index >= 15 is 0 Å². The number of fused-ring (bicyclic) bond motifs is 1. The first kappa shape index (κ1) is 20.2. The maximum atomic E-state index is 12.7. The Morgan fingerprint density at radius 3 is 2.57 bits per heavy atom. The number of nitrogens with one attached hydrogen (secondary N) is 1. The molecule has 1 amide bonds. The molecule has 150 valence electrons. The molecule has 1 atom stereocenters. The van der Waals surface area contributed by atoms with Crippen molar-refractivity contribution in [1.29, 1.82) is 0 Å². The zero-order valence-corrected chi connectivity index (χ0v) is 17.3. The fraction of sp³-hybridized carbons (Fsp3) is 0.381. The molecule has 0 fully saturated rings. The summed E-state index contributed by atoms with van der Waals surface area (Å²) in [4.78, 5) is 12.7. The molecule has 0 unspecified atom stereocenters. The van der Waals surface area contributed by atoms with Crippen LogP contribution in [0.15, 0.2) is 42.5 Å². The number of ether oxygens (including phenoxy) is 1. The molecule has 28 heavy (non-hydrogen) atoms. The Labute approximate surface area is 166 Å². The second-order valence-corrected chi connectivity index (χ2v) is 9.07. The van der Waals surface area contributed by atoms with E-state index in [-0.39, 0.29) is 12.5 Å². The standard InChI is InChI=1S/C21H26N2O4S/c1-4-5-6-16-8-10-17(11-9-16)22-21(24)20-14-23(28(3,25)26)18-13-15(2)7-12-19(18)27-20/h7-13,20H,4-6,14H2,1-3H3,(H,22,24)/t20-/m0/s1. The van der Waals surface area contributed by atoms with Gasteiger partial charge in [0, 0.05) is 5.69 Å². The minimum absolute atomic E-state index is 0.0598. The molecule has 2 aromatic carbocycles. The van der Waals surface area contributed by atoms with Crippen molar-refractivity contribution in [3.05, 3.63) is 53.6 Å². The highest BCUT2D eigenvalue weighted by Gasteiger charge is 2.35. The molecule has 0 radical (unpaired) electrons. The Morgan fingerprint density at radius 2 is 1.93 bits per heavy atom. The smallest absolute Gasteiger partial charge is 0.267 e. The van der Waals surface area contributed by atoms with Gasteiger partial charge in [-0.15, -0.1) is 0 Å². The number of carbonyl (C=O) groups excluding carboxylic acids is 1. The lowest BCUT2D eigenvalue weighted by Crippen LogP contribution is -2.48. The monoisotopic (exact) mass is 402 g/mol. The van der Waals surface area contributed by atoms with Gasteiger partial charge in [-0.3, -0.25) is 9.10 Å². The van der Waals surface area contributed by atoms with Crippen LogP contribution in [0.5, 0.6) is 5.75 Å². The van der Waals surface area contributed by atoms with Gasteiger partial charge in [0.15, 0.2) is 6.10 Å². The van der Waals surface area contributed by atoms with E-state index in [0.717, 1.165) is 31.1 Å². The molecule has 3 rings (SSSR count). The molecule has 1 heterocycles. The Hall–Kier alpha value is -2.54. The number of rotatable bonds is 6. The van der Waals surface area contributed by atoms with Crippen LogP contribution < -0.4 is 14.4 Å². The highest BCUT2D eigenvalue weighted by atomic mass is 32.2. The number of aryl methyl sites for hydroxylation is 2. The summed E-state index contributed by atoms with van der Waals surface area (Å²) in [6, 6.07) is 13.0. The number of hydrogen-bond donors (Lipinski definition) is 1. The molecule has 0 spiro atoms. The van der Waals surface area contributed by atoms with E-state index in [1.54, 1.807) is 12.1 Å². The average molecular weight is 403 g/mol. The van der Waals surface area contributed by atoms with Crippen molar-refractivity contribution in [3.8, 4) is 5.75 Å². The Morgan fingerprint density at radius 1 is 1.21 bits per heavy atom. The van der Waals surface area contributed by atoms with E-state index in [1.807, 2.05) is 37.3 Å². The predicted octanol–water partition coefficient (Wildman–Crippen LogP) is 3.50. The van der Waals surface area contributed by atoms with Gasteiger partial charge in [0.25, 0.3) is 5.91 Å². The highest BCUT2D eigenvalue weighted by molar-refractivity contribution is 7.92. The van der Waals surface area contributed by atoms with Gasteiger partial charge in [0.2, 0.25) is 10.0 Å². The molecular formula is C21H26N2O4S. The number of carbonyl (C=O) groups is 1. The van der Waals surface area contributed by atoms with Gasteiger partial charge in [-0.2, -0.15) is 0 Å². The van der Waals surface area contributed by atoms with Gasteiger partial charge in [0.05, 0.1) is 18.5 Å². The van der Waals surface area contributed by atoms with Crippen molar-refractivity contribution in [2.24, 2.45) is 0 Å². The SMILES string of the molecule is CCCCc1ccc(NC(=O)[C@@H]2CN(S(C)(=O)=O)c3cc(C)ccc3O2)cc1. The first-order valence-electron chi connectivity index (χ1n) is 9.42. The Balaban J connectivity index is 1.76. The maximum absolute atomic E-state index is 12.7. The zero-order chi connectivity index (χ0) is 20.3. The van der Waals surface area contributed by atoms with Gasteiger partial charge in [-0.05, 0) is 55.2 Å². The molecule has 0 bridgehead atoms. The van der Waals surface area contributed by atoms with Crippen LogP contribution in [0.3, 0.4) is 0 Å². The summed E-state index contributed by atoms with van der Waals surface area (Å²) in [5.74, 6) is 0.0125. The lowest BCUT2D eigenvalue weighted by Gasteiger charge is -2.34. The largest absolute Gasteiger partial charge is 0.476 e. The number of hydrogen-bond acceptors (Lipinski definition) is 4. The number of unbranched alkanes of at least 4 members (excludes halogenated alkanes) is 1. The van der Waals surface area contributed by atoms with Gasteiger partial charge < -0.3 is 10.1 Å². The summed E-state index contributed by atoms with van der Waals surface area (Å²) >= 11 is 0. The third-order valence-corrected chi connectivity index (χ3v) is 5.86. The fourth-order valence-electron chi connectivity index (χ4n) is 3.17. The van der Waals surface area contributed by atoms with Crippen molar-refractivity contribution in [1.82, 2.24) is 0 Å². The third kappa shape index (κ3) is 4.65. The number of anilines is 2. The van der Waals surface area contributed by atoms with Gasteiger partial charge in [-0.1, -0.05) is 31.5 Å². The lowest BCUT2D eigenvalue weighted by molar-refractivity contribution is -0.122. The molecule has 0 saturated carbocycles. The Bertz CT molecular complexity index is 955. The zero-order valence-electron chi connectivity index (χ0n) is 16.4. The average Bonchev–Trinajstić information content (AvgIpc) is 2.65. The minimum atomic E-state index is -3.54. The van der Waals surface area contributed by atoms with Gasteiger partial charge in [0.1, 0.15) is 5.75 Å². The number of amides is 1. The van der Waals surface area contributed by atoms with Crippen molar-refractivity contribution >= 4 is 27.3 Å². The topological polar surface area (TPSA) is 75.7 Å². The first-order chi connectivity index (χ1) is 13.3. The molecule has 0 saturated heterocycles. The number of benzene rings is 2. The van der Waals surface area contributed by atoms with Crippen LogP contribution in [0.4, 0.5) is 11.4 Å². The molecule has 0 aromatic heterocycles. The van der Waals surface area contributed by atoms with E-state index in [1.165, 1.54) is 9.87 Å². The molecule has 1 N–H and O–H groups in total. The normalized spacial score (nSPS) is 16.2. The van der Waals surface area contributed by atoms with E-state index in [0.29, 0.717) is 17.1 Å². The summed E-state index contributed by atoms with van der Waals surface area (Å²) in [6.45, 7) is 3.97. The van der Waals surface area contributed by atoms with Crippen LogP contribution in [0.25, 0.3) is 0 Å². The molecule has 1 aliphatic rings. The summed E-state index contributed by atoms with van der Waals surface area (Å²) in [5.41, 5.74) is 3.27. The van der Waals surface area contributed by atoms with E-state index in [2.05, 4.69) is 12.2 Å². The second-order valence-electron chi connectivity index (χ2n) is 7.16. The van der Waals surface area contributed by atoms with Crippen LogP contribution in [0.2, 0.25) is 0 Å². The maximum Gasteiger partial charge on any atom is 0.267 e. The van der Waals surface area contributed by atoms with Crippen molar-refractivity contribution in [2.45, 2.75) is 39.2 Å². The molecule has 1 aliphatic heterocycles. The summed E-state index contributed by atoms with van der Waals surface area (Å²) < 4.78 is 31.5. The van der Waals surface area contributed by atoms with Crippen LogP contribution in [0, 0.1) is 6.92 Å². The van der Waals surface area contributed by atoms with Crippen LogP contribution in [0.1, 0.15) is 30.9 Å². The van der Waals surface area contributed by atoms with Crippen molar-refractivity contribution in [3.63, 3.8) is 0 Å². The number of nitrogens with zero attached hydrogens (tertiary/aromatic N) is 1. The van der Waals surface area contributed by atoms with Gasteiger partial charge in [-0.25, -0.2) is 8.42 Å². The summed E-state index contributed by atoms with van der Waals surface area (Å²) in [6.07, 6.45) is 3.48.